The number of amides is 1. The van der Waals surface area contributed by atoms with Crippen LogP contribution in [0.3, 0.4) is 0 Å². The maximum Gasteiger partial charge on any atom is 0.341 e. The zero-order valence-corrected chi connectivity index (χ0v) is 14.4. The number of esters is 1. The van der Waals surface area contributed by atoms with Gasteiger partial charge in [-0.3, -0.25) is 4.79 Å². The van der Waals surface area contributed by atoms with Crippen LogP contribution in [0.15, 0.2) is 33.2 Å². The summed E-state index contributed by atoms with van der Waals surface area (Å²) in [6.45, 7) is 1.78. The highest BCUT2D eigenvalue weighted by Gasteiger charge is 2.20. The molecule has 0 atom stereocenters. The van der Waals surface area contributed by atoms with Crippen molar-refractivity contribution < 1.29 is 23.1 Å². The molecule has 1 heterocycles. The fourth-order valence-electron chi connectivity index (χ4n) is 2.11. The summed E-state index contributed by atoms with van der Waals surface area (Å²) < 4.78 is 23.9. The first-order chi connectivity index (χ1) is 10.8. The van der Waals surface area contributed by atoms with Gasteiger partial charge in [-0.2, -0.15) is 0 Å². The molecule has 23 heavy (non-hydrogen) atoms. The topological polar surface area (TPSA) is 59.8 Å². The Kier molecular flexibility index (Phi) is 5.20. The van der Waals surface area contributed by atoms with Gasteiger partial charge in [-0.25, -0.2) is 9.18 Å². The van der Waals surface area contributed by atoms with Crippen LogP contribution in [0, 0.1) is 12.7 Å². The molecule has 0 aliphatic heterocycles. The number of nitrogens with zero attached hydrogens (tertiary/aromatic N) is 1. The van der Waals surface area contributed by atoms with Gasteiger partial charge in [-0.1, -0.05) is 0 Å². The summed E-state index contributed by atoms with van der Waals surface area (Å²) in [5, 5.41) is 0. The molecule has 5 nitrogen and oxygen atoms in total. The predicted molar refractivity (Wildman–Crippen MR) is 84.7 cm³/mol. The number of carbonyl (C=O) groups excluding carboxylic acids is 2. The minimum atomic E-state index is -0.501. The molecule has 1 aromatic carbocycles. The first-order valence-corrected chi connectivity index (χ1v) is 7.51. The fourth-order valence-corrected chi connectivity index (χ4v) is 2.52. The highest BCUT2D eigenvalue weighted by atomic mass is 79.9. The van der Waals surface area contributed by atoms with Gasteiger partial charge < -0.3 is 14.1 Å². The van der Waals surface area contributed by atoms with E-state index in [1.54, 1.807) is 14.0 Å². The molecule has 122 valence electrons. The molecule has 0 fully saturated rings. The van der Waals surface area contributed by atoms with Crippen LogP contribution in [0.4, 0.5) is 4.39 Å². The third-order valence-electron chi connectivity index (χ3n) is 3.27. The summed E-state index contributed by atoms with van der Waals surface area (Å²) in [5.41, 5.74) is 0.527. The predicted octanol–water partition coefficient (Wildman–Crippen LogP) is 3.55. The lowest BCUT2D eigenvalue weighted by molar-refractivity contribution is 0.0598. The van der Waals surface area contributed by atoms with E-state index in [-0.39, 0.29) is 18.0 Å². The molecule has 0 N–H and O–H groups in total. The third kappa shape index (κ3) is 3.79. The smallest absolute Gasteiger partial charge is 0.341 e. The van der Waals surface area contributed by atoms with Gasteiger partial charge in [0.2, 0.25) is 0 Å². The van der Waals surface area contributed by atoms with Crippen molar-refractivity contribution in [1.29, 1.82) is 0 Å². The van der Waals surface area contributed by atoms with Crippen LogP contribution in [0.25, 0.3) is 0 Å². The minimum absolute atomic E-state index is 0.139. The van der Waals surface area contributed by atoms with Crippen molar-refractivity contribution >= 4 is 27.8 Å². The highest BCUT2D eigenvalue weighted by molar-refractivity contribution is 9.10. The Balaban J connectivity index is 2.18. The van der Waals surface area contributed by atoms with E-state index in [0.29, 0.717) is 21.6 Å². The zero-order valence-electron chi connectivity index (χ0n) is 12.9. The largest absolute Gasteiger partial charge is 0.465 e. The first kappa shape index (κ1) is 17.2. The molecule has 1 aromatic heterocycles. The van der Waals surface area contributed by atoms with Gasteiger partial charge in [0, 0.05) is 11.5 Å². The molecule has 0 unspecified atom stereocenters. The molecule has 0 bridgehead atoms. The number of ether oxygens (including phenoxy) is 1. The standard InChI is InChI=1S/C16H15BrFNO4/c1-9-12(16(21)22-3)7-11(23-9)8-19(2)15(20)13-6-10(18)4-5-14(13)17/h4-7H,8H2,1-3H3. The number of hydrogen-bond donors (Lipinski definition) is 0. The Hall–Kier alpha value is -2.15. The summed E-state index contributed by atoms with van der Waals surface area (Å²) in [6, 6.07) is 5.43. The molecule has 2 aromatic rings. The van der Waals surface area contributed by atoms with Gasteiger partial charge in [0.15, 0.2) is 0 Å². The van der Waals surface area contributed by atoms with Crippen LogP contribution in [0.2, 0.25) is 0 Å². The normalized spacial score (nSPS) is 10.5. The Morgan fingerprint density at radius 3 is 2.65 bits per heavy atom. The van der Waals surface area contributed by atoms with Gasteiger partial charge in [0.05, 0.1) is 19.2 Å². The van der Waals surface area contributed by atoms with Gasteiger partial charge in [-0.15, -0.1) is 0 Å². The summed E-state index contributed by atoms with van der Waals surface area (Å²) in [4.78, 5) is 25.3. The number of aryl methyl sites for hydroxylation is 1. The summed E-state index contributed by atoms with van der Waals surface area (Å²) in [6.07, 6.45) is 0. The summed E-state index contributed by atoms with van der Waals surface area (Å²) in [5.74, 6) is -0.512. The second-order valence-electron chi connectivity index (χ2n) is 4.96. The van der Waals surface area contributed by atoms with Crippen LogP contribution in [0.1, 0.15) is 32.2 Å². The number of hydrogen-bond acceptors (Lipinski definition) is 4. The van der Waals surface area contributed by atoms with Gasteiger partial charge in [-0.05, 0) is 47.1 Å². The van der Waals surface area contributed by atoms with Gasteiger partial charge in [0.1, 0.15) is 22.9 Å². The number of methoxy groups -OCH3 is 1. The van der Waals surface area contributed by atoms with Crippen molar-refractivity contribution in [3.05, 3.63) is 57.2 Å². The molecule has 0 spiro atoms. The van der Waals surface area contributed by atoms with Gasteiger partial charge >= 0.3 is 5.97 Å². The van der Waals surface area contributed by atoms with E-state index in [0.717, 1.165) is 6.07 Å². The first-order valence-electron chi connectivity index (χ1n) is 6.71. The summed E-state index contributed by atoms with van der Waals surface area (Å²) in [7, 11) is 2.85. The average Bonchev–Trinajstić information content (AvgIpc) is 2.88. The number of furan rings is 1. The maximum absolute atomic E-state index is 13.3. The fraction of sp³-hybridized carbons (Fsp3) is 0.250. The molecule has 0 radical (unpaired) electrons. The van der Waals surface area contributed by atoms with E-state index in [4.69, 9.17) is 4.42 Å². The minimum Gasteiger partial charge on any atom is -0.465 e. The van der Waals surface area contributed by atoms with E-state index >= 15 is 0 Å². The molecule has 0 aliphatic carbocycles. The van der Waals surface area contributed by atoms with Crippen LogP contribution in [-0.4, -0.2) is 30.9 Å². The molecule has 0 aliphatic rings. The molecule has 1 amide bonds. The average molecular weight is 384 g/mol. The van der Waals surface area contributed by atoms with Crippen LogP contribution >= 0.6 is 15.9 Å². The SMILES string of the molecule is COC(=O)c1cc(CN(C)C(=O)c2cc(F)ccc2Br)oc1C. The molecule has 7 heteroatoms. The molecule has 0 saturated heterocycles. The lowest BCUT2D eigenvalue weighted by Gasteiger charge is -2.16. The lowest BCUT2D eigenvalue weighted by atomic mass is 10.2. The van der Waals surface area contributed by atoms with E-state index in [2.05, 4.69) is 20.7 Å². The number of rotatable bonds is 4. The van der Waals surface area contributed by atoms with E-state index in [1.807, 2.05) is 0 Å². The monoisotopic (exact) mass is 383 g/mol. The van der Waals surface area contributed by atoms with Crippen molar-refractivity contribution in [2.24, 2.45) is 0 Å². The van der Waals surface area contributed by atoms with E-state index < -0.39 is 11.8 Å². The third-order valence-corrected chi connectivity index (χ3v) is 3.96. The van der Waals surface area contributed by atoms with Crippen LogP contribution in [0.5, 0.6) is 0 Å². The molecule has 0 saturated carbocycles. The van der Waals surface area contributed by atoms with Crippen molar-refractivity contribution in [2.45, 2.75) is 13.5 Å². The number of halogens is 2. The quantitative estimate of drug-likeness (QED) is 0.757. The maximum atomic E-state index is 13.3. The van der Waals surface area contributed by atoms with Crippen LogP contribution < -0.4 is 0 Å². The van der Waals surface area contributed by atoms with E-state index in [9.17, 15) is 14.0 Å². The molecular formula is C16H15BrFNO4. The molecule has 2 rings (SSSR count). The lowest BCUT2D eigenvalue weighted by Crippen LogP contribution is -2.26. The summed E-state index contributed by atoms with van der Waals surface area (Å²) >= 11 is 3.23. The highest BCUT2D eigenvalue weighted by Crippen LogP contribution is 2.21. The Morgan fingerprint density at radius 2 is 2.00 bits per heavy atom. The second kappa shape index (κ2) is 6.95. The Morgan fingerprint density at radius 1 is 1.30 bits per heavy atom. The van der Waals surface area contributed by atoms with E-state index in [1.165, 1.54) is 30.2 Å². The second-order valence-corrected chi connectivity index (χ2v) is 5.81. The van der Waals surface area contributed by atoms with Crippen molar-refractivity contribution in [1.82, 2.24) is 4.90 Å². The van der Waals surface area contributed by atoms with Crippen LogP contribution in [-0.2, 0) is 11.3 Å². The molecular weight excluding hydrogens is 369 g/mol. The number of benzene rings is 1. The Bertz CT molecular complexity index is 757. The van der Waals surface area contributed by atoms with Gasteiger partial charge in [0.25, 0.3) is 5.91 Å². The van der Waals surface area contributed by atoms with Crippen molar-refractivity contribution in [2.75, 3.05) is 14.2 Å². The zero-order chi connectivity index (χ0) is 17.1. The van der Waals surface area contributed by atoms with Crippen molar-refractivity contribution in [3.8, 4) is 0 Å². The number of carbonyl (C=O) groups is 2. The Labute approximate surface area is 141 Å². The van der Waals surface area contributed by atoms with Crippen molar-refractivity contribution in [3.63, 3.8) is 0 Å².